The Balaban J connectivity index is 0.000000241. The molecule has 0 amide bonds. The number of nitrogen functional groups attached to an aromatic ring is 1. The second-order valence-electron chi connectivity index (χ2n) is 13.9. The number of hydrogen-bond acceptors (Lipinski definition) is 25. The van der Waals surface area contributed by atoms with Crippen LogP contribution in [0.3, 0.4) is 0 Å². The number of aromatic nitrogens is 3. The summed E-state index contributed by atoms with van der Waals surface area (Å²) in [4.78, 5) is 11.8. The Kier molecular flexibility index (Phi) is 19.3. The first-order valence-electron chi connectivity index (χ1n) is 19.6. The lowest BCUT2D eigenvalue weighted by Gasteiger charge is -2.07. The summed E-state index contributed by atoms with van der Waals surface area (Å²) < 4.78 is 75.8. The number of rotatable bonds is 18. The quantitative estimate of drug-likeness (QED) is 0.0116. The summed E-state index contributed by atoms with van der Waals surface area (Å²) in [5.41, 5.74) is 10.3. The van der Waals surface area contributed by atoms with Crippen LogP contribution >= 0.6 is 47.3 Å². The topological polar surface area (TPSA) is 362 Å². The number of nitrogens with two attached hydrogens (primary N) is 1. The Bertz CT molecular complexity index is 3380. The average Bonchev–Trinajstić information content (AvgIpc) is 3.33. The molecule has 0 saturated carbocycles. The fraction of sp³-hybridized carbons (Fsp3) is 0.0488. The first-order valence-corrected chi connectivity index (χ1v) is 24.7. The van der Waals surface area contributed by atoms with Crippen LogP contribution in [0.1, 0.15) is 11.1 Å². The highest BCUT2D eigenvalue weighted by Crippen LogP contribution is 2.35. The van der Waals surface area contributed by atoms with E-state index in [0.717, 1.165) is 41.8 Å². The highest BCUT2D eigenvalue weighted by molar-refractivity contribution is 7.94. The third-order valence-electron chi connectivity index (χ3n) is 8.78. The molecule has 1 aromatic heterocycles. The molecule has 0 atom stereocenters. The predicted molar refractivity (Wildman–Crippen MR) is 263 cm³/mol. The molecular weight excluding hydrogens is 1070 g/mol. The zero-order valence-electron chi connectivity index (χ0n) is 36.5. The Morgan fingerprint density at radius 1 is 0.514 bits per heavy atom. The summed E-state index contributed by atoms with van der Waals surface area (Å²) >= 11 is 13.2. The van der Waals surface area contributed by atoms with Gasteiger partial charge in [0.1, 0.15) is 21.2 Å². The van der Waals surface area contributed by atoms with E-state index in [4.69, 9.17) is 39.5 Å². The van der Waals surface area contributed by atoms with Crippen molar-refractivity contribution in [2.45, 2.75) is 33.4 Å². The Morgan fingerprint density at radius 2 is 0.903 bits per heavy atom. The molecule has 0 unspecified atom stereocenters. The monoisotopic (exact) mass is 1100 g/mol. The average molecular weight is 1100 g/mol. The van der Waals surface area contributed by atoms with Crippen molar-refractivity contribution < 1.29 is 55.2 Å². The second kappa shape index (κ2) is 25.5. The maximum atomic E-state index is 12.0. The van der Waals surface area contributed by atoms with Gasteiger partial charge in [-0.2, -0.15) is 62.5 Å². The molecule has 0 spiro atoms. The van der Waals surface area contributed by atoms with Crippen LogP contribution in [0.15, 0.2) is 182 Å². The summed E-state index contributed by atoms with van der Waals surface area (Å²) in [5.74, 6) is 0.146. The van der Waals surface area contributed by atoms with E-state index in [1.165, 1.54) is 24.3 Å². The molecular formula is C41H33Cl2N13O12S4. The van der Waals surface area contributed by atoms with Crippen LogP contribution in [0.2, 0.25) is 10.6 Å². The van der Waals surface area contributed by atoms with Gasteiger partial charge in [-0.05, 0) is 170 Å². The van der Waals surface area contributed by atoms with Gasteiger partial charge < -0.3 is 11.1 Å². The lowest BCUT2D eigenvalue weighted by molar-refractivity contribution is -0.432. The van der Waals surface area contributed by atoms with Gasteiger partial charge in [0, 0.05) is 21.2 Å². The van der Waals surface area contributed by atoms with Gasteiger partial charge in [0.2, 0.25) is 16.5 Å². The standard InChI is InChI=1S/C22H16Cl2N8O6S2.C19H17N5O6S2/c1-12-10-14(25-22-27-20(23)26-21(24)28-22)4-8-17(12)31-32-18-9-5-15(11-19(18)40(34,35)36)30-29-13-2-6-16(7-3-13)39-38-37-33;1-12-10-13(20)2-8-17(12)23-24-18-9-5-15(11-19(18)32(26,27)28)22-21-14-3-6-16(7-4-14)31-30-29-25/h2-11,33H,1H3,(H,34,35,36)(H,25,26,27,28);2-11,25H,20H2,1H3,(H,26,27,28). The molecule has 1 heterocycles. The first kappa shape index (κ1) is 54.5. The molecule has 72 heavy (non-hydrogen) atoms. The summed E-state index contributed by atoms with van der Waals surface area (Å²) in [6.07, 6.45) is 0. The normalized spacial score (nSPS) is 12.0. The smallest absolute Gasteiger partial charge is 0.296 e. The number of hydrogen-bond donors (Lipinski definition) is 6. The van der Waals surface area contributed by atoms with Crippen molar-refractivity contribution in [2.24, 2.45) is 40.9 Å². The van der Waals surface area contributed by atoms with Crippen molar-refractivity contribution in [2.75, 3.05) is 11.1 Å². The van der Waals surface area contributed by atoms with Crippen molar-refractivity contribution in [1.82, 2.24) is 15.0 Å². The third kappa shape index (κ3) is 16.6. The van der Waals surface area contributed by atoms with E-state index >= 15 is 0 Å². The van der Waals surface area contributed by atoms with E-state index < -0.39 is 30.0 Å². The Morgan fingerprint density at radius 3 is 1.32 bits per heavy atom. The molecule has 7 rings (SSSR count). The summed E-state index contributed by atoms with van der Waals surface area (Å²) in [7, 11) is -9.27. The largest absolute Gasteiger partial charge is 0.399 e. The second-order valence-corrected chi connectivity index (χ2v) is 18.9. The van der Waals surface area contributed by atoms with Gasteiger partial charge in [-0.15, -0.1) is 18.9 Å². The van der Waals surface area contributed by atoms with Gasteiger partial charge in [-0.25, -0.2) is 10.5 Å². The van der Waals surface area contributed by atoms with Crippen molar-refractivity contribution in [3.05, 3.63) is 143 Å². The van der Waals surface area contributed by atoms with Gasteiger partial charge >= 0.3 is 0 Å². The molecule has 31 heteroatoms. The molecule has 0 aliphatic carbocycles. The zero-order chi connectivity index (χ0) is 51.8. The summed E-state index contributed by atoms with van der Waals surface area (Å²) in [6, 6.07) is 30.9. The maximum Gasteiger partial charge on any atom is 0.296 e. The summed E-state index contributed by atoms with van der Waals surface area (Å²) in [6.45, 7) is 3.55. The minimum absolute atomic E-state index is 0.0600. The SMILES string of the molecule is Cc1cc(N)ccc1N=Nc1ccc(N=Nc2ccc(SOOO)cc2)cc1S(=O)(=O)O.Cc1cc(Nc2nc(Cl)nc(Cl)n2)ccc1N=Nc1ccc(N=Nc2ccc(SOOO)cc2)cc1S(=O)(=O)O. The van der Waals surface area contributed by atoms with Crippen LogP contribution in [-0.4, -0.2) is 51.4 Å². The predicted octanol–water partition coefficient (Wildman–Crippen LogP) is 13.8. The number of aryl methyl sites for hydroxylation is 2. The molecule has 372 valence electrons. The maximum absolute atomic E-state index is 12.0. The van der Waals surface area contributed by atoms with E-state index in [1.807, 2.05) is 0 Å². The molecule has 25 nitrogen and oxygen atoms in total. The fourth-order valence-corrected chi connectivity index (χ4v) is 7.91. The Hall–Kier alpha value is -6.81. The molecule has 0 bridgehead atoms. The first-order chi connectivity index (χ1) is 34.4. The van der Waals surface area contributed by atoms with E-state index in [9.17, 15) is 25.9 Å². The molecule has 0 radical (unpaired) electrons. The minimum atomic E-state index is -4.67. The van der Waals surface area contributed by atoms with Crippen molar-refractivity contribution in [3.8, 4) is 0 Å². The highest BCUT2D eigenvalue weighted by atomic mass is 35.5. The van der Waals surface area contributed by atoms with Gasteiger partial charge in [-0.1, -0.05) is 10.1 Å². The van der Waals surface area contributed by atoms with Crippen LogP contribution in [0, 0.1) is 13.8 Å². The molecule has 0 aliphatic heterocycles. The van der Waals surface area contributed by atoms with E-state index in [-0.39, 0.29) is 39.3 Å². The lowest BCUT2D eigenvalue weighted by Crippen LogP contribution is -1.99. The number of nitrogens with zero attached hydrogens (tertiary/aromatic N) is 11. The lowest BCUT2D eigenvalue weighted by atomic mass is 10.2. The molecule has 7 aromatic rings. The molecule has 7 N–H and O–H groups in total. The van der Waals surface area contributed by atoms with Crippen molar-refractivity contribution >= 4 is 130 Å². The van der Waals surface area contributed by atoms with Gasteiger partial charge in [0.25, 0.3) is 20.2 Å². The molecule has 6 aromatic carbocycles. The van der Waals surface area contributed by atoms with E-state index in [2.05, 4.69) is 79.9 Å². The molecule has 0 fully saturated rings. The van der Waals surface area contributed by atoms with E-state index in [1.54, 1.807) is 98.8 Å². The number of halogens is 2. The van der Waals surface area contributed by atoms with Crippen LogP contribution in [0.5, 0.6) is 0 Å². The molecule has 0 saturated heterocycles. The highest BCUT2D eigenvalue weighted by Gasteiger charge is 2.18. The Labute approximate surface area is 426 Å². The minimum Gasteiger partial charge on any atom is -0.399 e. The van der Waals surface area contributed by atoms with Gasteiger partial charge in [0.15, 0.2) is 0 Å². The van der Waals surface area contributed by atoms with Crippen LogP contribution in [-0.2, 0) is 39.0 Å². The van der Waals surface area contributed by atoms with Gasteiger partial charge in [-0.3, -0.25) is 9.11 Å². The number of azo groups is 4. The zero-order valence-corrected chi connectivity index (χ0v) is 41.3. The number of nitrogens with one attached hydrogen (secondary N) is 1. The van der Waals surface area contributed by atoms with Crippen LogP contribution < -0.4 is 11.1 Å². The number of anilines is 3. The number of benzene rings is 6. The van der Waals surface area contributed by atoms with Crippen molar-refractivity contribution in [1.29, 1.82) is 0 Å². The summed E-state index contributed by atoms with van der Waals surface area (Å²) in [5, 5.41) is 58.4. The van der Waals surface area contributed by atoms with Crippen LogP contribution in [0.4, 0.5) is 62.8 Å². The van der Waals surface area contributed by atoms with E-state index in [0.29, 0.717) is 49.5 Å². The van der Waals surface area contributed by atoms with Crippen LogP contribution in [0.25, 0.3) is 0 Å². The van der Waals surface area contributed by atoms with Gasteiger partial charge in [0.05, 0.1) is 58.2 Å². The fourth-order valence-electron chi connectivity index (χ4n) is 5.55. The third-order valence-corrected chi connectivity index (χ3v) is 12.1. The van der Waals surface area contributed by atoms with Crippen molar-refractivity contribution in [3.63, 3.8) is 0 Å². The molecule has 0 aliphatic rings.